The Morgan fingerprint density at radius 2 is 1.71 bits per heavy atom. The molecule has 0 aromatic carbocycles. The molecule has 0 aliphatic rings. The van der Waals surface area contributed by atoms with Gasteiger partial charge in [0, 0.05) is 24.6 Å². The van der Waals surface area contributed by atoms with Gasteiger partial charge in [-0.15, -0.1) is 5.10 Å². The lowest BCUT2D eigenvalue weighted by Gasteiger charge is -2.23. The van der Waals surface area contributed by atoms with E-state index in [1.54, 1.807) is 0 Å². The van der Waals surface area contributed by atoms with E-state index in [4.69, 9.17) is 0 Å². The smallest absolute Gasteiger partial charge is 0.134 e. The van der Waals surface area contributed by atoms with Crippen LogP contribution in [0.1, 0.15) is 59.6 Å². The van der Waals surface area contributed by atoms with Gasteiger partial charge in [-0.1, -0.05) is 39.1 Å². The maximum absolute atomic E-state index is 4.33. The van der Waals surface area contributed by atoms with Gasteiger partial charge < -0.3 is 5.32 Å². The molecule has 4 nitrogen and oxygen atoms in total. The molecule has 0 saturated heterocycles. The number of hydrogen-bond donors (Lipinski definition) is 1. The molecule has 0 atom stereocenters. The summed E-state index contributed by atoms with van der Waals surface area (Å²) in [6.07, 6.45) is 3.61. The third kappa shape index (κ3) is 7.77. The molecule has 1 N–H and O–H groups in total. The van der Waals surface area contributed by atoms with Crippen molar-refractivity contribution in [3.8, 4) is 0 Å². The summed E-state index contributed by atoms with van der Waals surface area (Å²) in [5.74, 6) is 1.50. The first-order valence-corrected chi connectivity index (χ1v) is 9.07. The quantitative estimate of drug-likeness (QED) is 0.663. The first kappa shape index (κ1) is 18.4. The summed E-state index contributed by atoms with van der Waals surface area (Å²) in [5, 5.41) is 8.92. The third-order valence-corrected chi connectivity index (χ3v) is 4.24. The molecule has 21 heavy (non-hydrogen) atoms. The standard InChI is InChI=1S/C16H32N4S/c1-6-9-17-16-15(18-19-21-16)12-20(10-7-13(2)3)11-8-14(4)5/h13-14,17H,6-12H2,1-5H3. The molecule has 0 spiro atoms. The molecule has 1 aromatic heterocycles. The van der Waals surface area contributed by atoms with E-state index in [1.165, 1.54) is 24.4 Å². The van der Waals surface area contributed by atoms with E-state index in [-0.39, 0.29) is 0 Å². The number of hydrogen-bond acceptors (Lipinski definition) is 5. The van der Waals surface area contributed by atoms with Gasteiger partial charge in [-0.25, -0.2) is 0 Å². The Balaban J connectivity index is 2.59. The zero-order valence-corrected chi connectivity index (χ0v) is 15.2. The fourth-order valence-electron chi connectivity index (χ4n) is 2.05. The van der Waals surface area contributed by atoms with Crippen molar-refractivity contribution in [2.24, 2.45) is 11.8 Å². The van der Waals surface area contributed by atoms with Gasteiger partial charge in [-0.2, -0.15) is 0 Å². The second-order valence-electron chi connectivity index (χ2n) is 6.62. The number of nitrogens with zero attached hydrogens (tertiary/aromatic N) is 3. The molecule has 1 aromatic rings. The minimum atomic E-state index is 0.748. The van der Waals surface area contributed by atoms with Crippen LogP contribution >= 0.6 is 11.5 Å². The predicted molar refractivity (Wildman–Crippen MR) is 92.9 cm³/mol. The van der Waals surface area contributed by atoms with Gasteiger partial charge in [0.2, 0.25) is 0 Å². The first-order chi connectivity index (χ1) is 10.0. The zero-order valence-electron chi connectivity index (χ0n) is 14.4. The van der Waals surface area contributed by atoms with Crippen molar-refractivity contribution < 1.29 is 0 Å². The lowest BCUT2D eigenvalue weighted by Crippen LogP contribution is -2.28. The fraction of sp³-hybridized carbons (Fsp3) is 0.875. The van der Waals surface area contributed by atoms with Gasteiger partial charge in [0.15, 0.2) is 0 Å². The lowest BCUT2D eigenvalue weighted by molar-refractivity contribution is 0.233. The van der Waals surface area contributed by atoms with Crippen molar-refractivity contribution in [3.05, 3.63) is 5.69 Å². The van der Waals surface area contributed by atoms with Gasteiger partial charge in [0.05, 0.1) is 0 Å². The average molecular weight is 313 g/mol. The van der Waals surface area contributed by atoms with Crippen molar-refractivity contribution >= 4 is 16.5 Å². The van der Waals surface area contributed by atoms with Crippen LogP contribution in [-0.4, -0.2) is 34.1 Å². The molecule has 0 aliphatic carbocycles. The zero-order chi connectivity index (χ0) is 15.7. The second kappa shape index (κ2) is 10.1. The molecule has 0 unspecified atom stereocenters. The van der Waals surface area contributed by atoms with E-state index in [0.29, 0.717) is 0 Å². The Bertz CT molecular complexity index is 364. The highest BCUT2D eigenvalue weighted by atomic mass is 32.1. The van der Waals surface area contributed by atoms with Crippen molar-refractivity contribution in [1.82, 2.24) is 14.5 Å². The molecule has 0 radical (unpaired) electrons. The van der Waals surface area contributed by atoms with E-state index < -0.39 is 0 Å². The van der Waals surface area contributed by atoms with Crippen molar-refractivity contribution in [2.45, 2.75) is 60.4 Å². The summed E-state index contributed by atoms with van der Waals surface area (Å²) in [7, 11) is 0. The van der Waals surface area contributed by atoms with Crippen LogP contribution in [0, 0.1) is 11.8 Å². The Kier molecular flexibility index (Phi) is 8.85. The van der Waals surface area contributed by atoms with E-state index in [2.05, 4.69) is 54.4 Å². The van der Waals surface area contributed by atoms with Crippen LogP contribution in [0.2, 0.25) is 0 Å². The van der Waals surface area contributed by atoms with E-state index >= 15 is 0 Å². The number of nitrogens with one attached hydrogen (secondary N) is 1. The van der Waals surface area contributed by atoms with Gasteiger partial charge in [-0.3, -0.25) is 4.90 Å². The van der Waals surface area contributed by atoms with Crippen molar-refractivity contribution in [2.75, 3.05) is 25.0 Å². The number of aromatic nitrogens is 2. The summed E-state index contributed by atoms with van der Waals surface area (Å²) in [4.78, 5) is 2.54. The van der Waals surface area contributed by atoms with Crippen LogP contribution in [-0.2, 0) is 6.54 Å². The first-order valence-electron chi connectivity index (χ1n) is 8.30. The number of anilines is 1. The van der Waals surface area contributed by atoms with Gasteiger partial charge >= 0.3 is 0 Å². The Morgan fingerprint density at radius 1 is 1.10 bits per heavy atom. The Labute approximate surface area is 134 Å². The maximum Gasteiger partial charge on any atom is 0.134 e. The largest absolute Gasteiger partial charge is 0.374 e. The van der Waals surface area contributed by atoms with Crippen molar-refractivity contribution in [1.29, 1.82) is 0 Å². The highest BCUT2D eigenvalue weighted by molar-refractivity contribution is 7.10. The summed E-state index contributed by atoms with van der Waals surface area (Å²) in [6, 6.07) is 0. The Hall–Kier alpha value is -0.680. The van der Waals surface area contributed by atoms with Crippen LogP contribution < -0.4 is 5.32 Å². The van der Waals surface area contributed by atoms with E-state index in [0.717, 1.165) is 55.1 Å². The van der Waals surface area contributed by atoms with Gasteiger partial charge in [0.1, 0.15) is 10.7 Å². The Morgan fingerprint density at radius 3 is 2.24 bits per heavy atom. The van der Waals surface area contributed by atoms with Gasteiger partial charge in [0.25, 0.3) is 0 Å². The summed E-state index contributed by atoms with van der Waals surface area (Å²) in [6.45, 7) is 15.6. The maximum atomic E-state index is 4.33. The van der Waals surface area contributed by atoms with Gasteiger partial charge in [-0.05, 0) is 44.2 Å². The SMILES string of the molecule is CCCNc1snnc1CN(CCC(C)C)CCC(C)C. The normalized spacial score (nSPS) is 11.8. The molecule has 5 heteroatoms. The van der Waals surface area contributed by atoms with Crippen LogP contribution in [0.25, 0.3) is 0 Å². The molecule has 122 valence electrons. The molecule has 0 saturated carbocycles. The van der Waals surface area contributed by atoms with Crippen LogP contribution in [0.15, 0.2) is 0 Å². The van der Waals surface area contributed by atoms with Crippen LogP contribution in [0.5, 0.6) is 0 Å². The monoisotopic (exact) mass is 312 g/mol. The molecular formula is C16H32N4S. The van der Waals surface area contributed by atoms with E-state index in [9.17, 15) is 0 Å². The molecule has 1 rings (SSSR count). The summed E-state index contributed by atoms with van der Waals surface area (Å²) in [5.41, 5.74) is 1.11. The third-order valence-electron chi connectivity index (χ3n) is 3.51. The average Bonchev–Trinajstić information content (AvgIpc) is 2.86. The molecule has 0 fully saturated rings. The number of rotatable bonds is 11. The molecule has 0 aliphatic heterocycles. The minimum Gasteiger partial charge on any atom is -0.374 e. The summed E-state index contributed by atoms with van der Waals surface area (Å²) < 4.78 is 4.12. The molecule has 0 amide bonds. The van der Waals surface area contributed by atoms with E-state index in [1.807, 2.05) is 0 Å². The molecular weight excluding hydrogens is 280 g/mol. The predicted octanol–water partition coefficient (Wildman–Crippen LogP) is 4.25. The van der Waals surface area contributed by atoms with Crippen LogP contribution in [0.3, 0.4) is 0 Å². The highest BCUT2D eigenvalue weighted by Crippen LogP contribution is 2.20. The summed E-state index contributed by atoms with van der Waals surface area (Å²) >= 11 is 1.48. The minimum absolute atomic E-state index is 0.748. The topological polar surface area (TPSA) is 41.1 Å². The van der Waals surface area contributed by atoms with Crippen molar-refractivity contribution in [3.63, 3.8) is 0 Å². The fourth-order valence-corrected chi connectivity index (χ4v) is 2.65. The lowest BCUT2D eigenvalue weighted by atomic mass is 10.1. The van der Waals surface area contributed by atoms with Crippen LogP contribution in [0.4, 0.5) is 5.00 Å². The molecule has 1 heterocycles. The molecule has 0 bridgehead atoms. The second-order valence-corrected chi connectivity index (χ2v) is 7.37. The highest BCUT2D eigenvalue weighted by Gasteiger charge is 2.14.